The van der Waals surface area contributed by atoms with E-state index in [-0.39, 0.29) is 0 Å². The standard InChI is InChI=1S/C18H27Br2N/c1-4-11-21-17(14-12-13(19)8-9-16(14)20)15-7-5-6-10-18(15,2)3/h8-9,12,15,17,21H,4-7,10-11H2,1-3H3. The quantitative estimate of drug-likeness (QED) is 0.579. The molecule has 1 fully saturated rings. The van der Waals surface area contributed by atoms with Gasteiger partial charge in [-0.25, -0.2) is 0 Å². The molecule has 0 heterocycles. The van der Waals surface area contributed by atoms with Crippen molar-refractivity contribution in [3.05, 3.63) is 32.7 Å². The number of rotatable bonds is 5. The minimum atomic E-state index is 0.408. The Morgan fingerprint density at radius 2 is 2.05 bits per heavy atom. The molecule has 0 amide bonds. The fourth-order valence-corrected chi connectivity index (χ4v) is 4.53. The first-order valence-corrected chi connectivity index (χ1v) is 9.72. The molecular weight excluding hydrogens is 390 g/mol. The van der Waals surface area contributed by atoms with Crippen LogP contribution in [0.1, 0.15) is 64.5 Å². The largest absolute Gasteiger partial charge is 0.310 e. The molecular formula is C18H27Br2N. The van der Waals surface area contributed by atoms with E-state index in [2.05, 4.69) is 76.1 Å². The maximum atomic E-state index is 3.83. The van der Waals surface area contributed by atoms with Gasteiger partial charge < -0.3 is 5.32 Å². The fourth-order valence-electron chi connectivity index (χ4n) is 3.66. The first-order chi connectivity index (χ1) is 9.95. The lowest BCUT2D eigenvalue weighted by Crippen LogP contribution is -2.39. The minimum Gasteiger partial charge on any atom is -0.310 e. The van der Waals surface area contributed by atoms with Crippen molar-refractivity contribution < 1.29 is 0 Å². The molecule has 0 aliphatic heterocycles. The molecule has 0 bridgehead atoms. The summed E-state index contributed by atoms with van der Waals surface area (Å²) in [6.45, 7) is 8.22. The van der Waals surface area contributed by atoms with E-state index in [9.17, 15) is 0 Å². The predicted octanol–water partition coefficient (Wildman–Crippen LogP) is 6.47. The molecule has 2 unspecified atom stereocenters. The summed E-state index contributed by atoms with van der Waals surface area (Å²) in [4.78, 5) is 0. The summed E-state index contributed by atoms with van der Waals surface area (Å²) in [5.41, 5.74) is 1.81. The Hall–Kier alpha value is 0.140. The summed E-state index contributed by atoms with van der Waals surface area (Å²) in [6, 6.07) is 6.99. The van der Waals surface area contributed by atoms with Crippen LogP contribution < -0.4 is 5.32 Å². The minimum absolute atomic E-state index is 0.408. The van der Waals surface area contributed by atoms with Crippen LogP contribution in [0.4, 0.5) is 0 Å². The SMILES string of the molecule is CCCNC(c1cc(Br)ccc1Br)C1CCCCC1(C)C. The number of nitrogens with one attached hydrogen (secondary N) is 1. The summed E-state index contributed by atoms with van der Waals surface area (Å²) in [5.74, 6) is 0.698. The van der Waals surface area contributed by atoms with Gasteiger partial charge in [0.15, 0.2) is 0 Å². The summed E-state index contributed by atoms with van der Waals surface area (Å²) in [7, 11) is 0. The number of hydrogen-bond donors (Lipinski definition) is 1. The summed E-state index contributed by atoms with van der Waals surface area (Å²) in [5, 5.41) is 3.83. The number of benzene rings is 1. The predicted molar refractivity (Wildman–Crippen MR) is 98.6 cm³/mol. The second-order valence-corrected chi connectivity index (χ2v) is 8.71. The van der Waals surface area contributed by atoms with Crippen LogP contribution in [0, 0.1) is 11.3 Å². The van der Waals surface area contributed by atoms with E-state index in [0.717, 1.165) is 11.0 Å². The van der Waals surface area contributed by atoms with Crippen molar-refractivity contribution in [1.82, 2.24) is 5.32 Å². The van der Waals surface area contributed by atoms with Crippen molar-refractivity contribution >= 4 is 31.9 Å². The van der Waals surface area contributed by atoms with Crippen molar-refractivity contribution in [2.24, 2.45) is 11.3 Å². The normalized spacial score (nSPS) is 23.0. The van der Waals surface area contributed by atoms with Crippen LogP contribution in [0.25, 0.3) is 0 Å². The molecule has 3 heteroatoms. The summed E-state index contributed by atoms with van der Waals surface area (Å²) >= 11 is 7.40. The Labute approximate surface area is 146 Å². The van der Waals surface area contributed by atoms with Crippen LogP contribution in [0.15, 0.2) is 27.1 Å². The molecule has 1 N–H and O–H groups in total. The Morgan fingerprint density at radius 3 is 2.71 bits per heavy atom. The molecule has 1 saturated carbocycles. The molecule has 2 atom stereocenters. The third-order valence-corrected chi connectivity index (χ3v) is 6.12. The molecule has 21 heavy (non-hydrogen) atoms. The van der Waals surface area contributed by atoms with Gasteiger partial charge in [0.2, 0.25) is 0 Å². The highest BCUT2D eigenvalue weighted by atomic mass is 79.9. The van der Waals surface area contributed by atoms with Crippen molar-refractivity contribution in [1.29, 1.82) is 0 Å². The van der Waals surface area contributed by atoms with Crippen LogP contribution in [-0.2, 0) is 0 Å². The third kappa shape index (κ3) is 4.33. The fraction of sp³-hybridized carbons (Fsp3) is 0.667. The maximum absolute atomic E-state index is 3.83. The second-order valence-electron chi connectivity index (χ2n) is 6.94. The lowest BCUT2D eigenvalue weighted by atomic mass is 9.65. The van der Waals surface area contributed by atoms with E-state index in [1.54, 1.807) is 0 Å². The van der Waals surface area contributed by atoms with Gasteiger partial charge >= 0.3 is 0 Å². The van der Waals surface area contributed by atoms with Crippen molar-refractivity contribution in [2.45, 2.75) is 58.9 Å². The van der Waals surface area contributed by atoms with Gasteiger partial charge in [-0.15, -0.1) is 0 Å². The van der Waals surface area contributed by atoms with Crippen molar-refractivity contribution in [3.63, 3.8) is 0 Å². The van der Waals surface area contributed by atoms with Gasteiger partial charge in [0.05, 0.1) is 0 Å². The van der Waals surface area contributed by atoms with Gasteiger partial charge in [0.1, 0.15) is 0 Å². The second kappa shape index (κ2) is 7.61. The lowest BCUT2D eigenvalue weighted by molar-refractivity contribution is 0.0979. The van der Waals surface area contributed by atoms with Gasteiger partial charge in [0, 0.05) is 15.0 Å². The van der Waals surface area contributed by atoms with Gasteiger partial charge in [-0.2, -0.15) is 0 Å². The van der Waals surface area contributed by atoms with E-state index >= 15 is 0 Å². The average Bonchev–Trinajstić information content (AvgIpc) is 2.44. The molecule has 0 spiro atoms. The zero-order valence-electron chi connectivity index (χ0n) is 13.4. The Bertz CT molecular complexity index is 470. The molecule has 118 valence electrons. The molecule has 1 aliphatic carbocycles. The van der Waals surface area contributed by atoms with Gasteiger partial charge in [-0.3, -0.25) is 0 Å². The molecule has 1 nitrogen and oxygen atoms in total. The highest BCUT2D eigenvalue weighted by Gasteiger charge is 2.38. The van der Waals surface area contributed by atoms with E-state index in [1.165, 1.54) is 42.1 Å². The van der Waals surface area contributed by atoms with Gasteiger partial charge in [-0.1, -0.05) is 65.5 Å². The number of halogens is 2. The van der Waals surface area contributed by atoms with Crippen molar-refractivity contribution in [3.8, 4) is 0 Å². The van der Waals surface area contributed by atoms with E-state index in [0.29, 0.717) is 17.4 Å². The molecule has 2 rings (SSSR count). The highest BCUT2D eigenvalue weighted by Crippen LogP contribution is 2.48. The Balaban J connectivity index is 2.35. The van der Waals surface area contributed by atoms with E-state index in [1.807, 2.05) is 0 Å². The molecule has 0 radical (unpaired) electrons. The molecule has 1 aliphatic rings. The zero-order chi connectivity index (χ0) is 15.5. The highest BCUT2D eigenvalue weighted by molar-refractivity contribution is 9.11. The Morgan fingerprint density at radius 1 is 1.29 bits per heavy atom. The van der Waals surface area contributed by atoms with Crippen molar-refractivity contribution in [2.75, 3.05) is 6.54 Å². The van der Waals surface area contributed by atoms with E-state index in [4.69, 9.17) is 0 Å². The third-order valence-electron chi connectivity index (χ3n) is 4.90. The first-order valence-electron chi connectivity index (χ1n) is 8.14. The summed E-state index contributed by atoms with van der Waals surface area (Å²) in [6.07, 6.45) is 6.59. The smallest absolute Gasteiger partial charge is 0.0365 e. The van der Waals surface area contributed by atoms with Crippen LogP contribution in [0.5, 0.6) is 0 Å². The monoisotopic (exact) mass is 415 g/mol. The van der Waals surface area contributed by atoms with Crippen LogP contribution in [0.3, 0.4) is 0 Å². The zero-order valence-corrected chi connectivity index (χ0v) is 16.6. The number of hydrogen-bond acceptors (Lipinski definition) is 1. The van der Waals surface area contributed by atoms with Crippen LogP contribution in [-0.4, -0.2) is 6.54 Å². The average molecular weight is 417 g/mol. The molecule has 0 saturated heterocycles. The molecule has 0 aromatic heterocycles. The van der Waals surface area contributed by atoms with Gasteiger partial charge in [0.25, 0.3) is 0 Å². The lowest BCUT2D eigenvalue weighted by Gasteiger charge is -2.44. The molecule has 1 aromatic rings. The first kappa shape index (κ1) is 17.5. The van der Waals surface area contributed by atoms with Gasteiger partial charge in [-0.05, 0) is 60.9 Å². The van der Waals surface area contributed by atoms with E-state index < -0.39 is 0 Å². The molecule has 1 aromatic carbocycles. The Kier molecular flexibility index (Phi) is 6.34. The topological polar surface area (TPSA) is 12.0 Å². The van der Waals surface area contributed by atoms with Crippen LogP contribution in [0.2, 0.25) is 0 Å². The maximum Gasteiger partial charge on any atom is 0.0365 e. The summed E-state index contributed by atoms with van der Waals surface area (Å²) < 4.78 is 2.39. The van der Waals surface area contributed by atoms with Crippen LogP contribution >= 0.6 is 31.9 Å².